The molecule has 1 aromatic heterocycles. The molecule has 3 rings (SSSR count). The van der Waals surface area contributed by atoms with Crippen molar-refractivity contribution in [3.05, 3.63) is 54.1 Å². The Hall–Kier alpha value is -2.42. The second kappa shape index (κ2) is 6.56. The second-order valence-corrected chi connectivity index (χ2v) is 5.51. The number of hydrogen-bond donors (Lipinski definition) is 1. The number of aromatic nitrogens is 2. The topological polar surface area (TPSA) is 37.8 Å². The standard InChI is InChI=1S/C19H21N3/c1-3-4-13-20-19-17-14(2)9-8-12-16(17)21-18(22-19)15-10-6-5-7-11-15/h5-12H,3-4,13H2,1-2H3,(H,20,21,22). The van der Waals surface area contributed by atoms with E-state index in [-0.39, 0.29) is 0 Å². The first kappa shape index (κ1) is 14.5. The van der Waals surface area contributed by atoms with Gasteiger partial charge < -0.3 is 5.32 Å². The van der Waals surface area contributed by atoms with Gasteiger partial charge in [0, 0.05) is 17.5 Å². The van der Waals surface area contributed by atoms with Crippen molar-refractivity contribution in [3.63, 3.8) is 0 Å². The van der Waals surface area contributed by atoms with E-state index in [0.29, 0.717) is 0 Å². The van der Waals surface area contributed by atoms with Gasteiger partial charge in [0.15, 0.2) is 5.82 Å². The van der Waals surface area contributed by atoms with E-state index >= 15 is 0 Å². The number of rotatable bonds is 5. The van der Waals surface area contributed by atoms with E-state index in [2.05, 4.69) is 37.4 Å². The quantitative estimate of drug-likeness (QED) is 0.685. The smallest absolute Gasteiger partial charge is 0.162 e. The molecule has 2 aromatic carbocycles. The Kier molecular flexibility index (Phi) is 4.33. The number of unbranched alkanes of at least 4 members (excludes halogenated alkanes) is 1. The van der Waals surface area contributed by atoms with Crippen LogP contribution < -0.4 is 5.32 Å². The summed E-state index contributed by atoms with van der Waals surface area (Å²) in [5.74, 6) is 1.72. The monoisotopic (exact) mass is 291 g/mol. The van der Waals surface area contributed by atoms with Gasteiger partial charge >= 0.3 is 0 Å². The molecule has 0 saturated heterocycles. The molecule has 3 heteroatoms. The maximum atomic E-state index is 4.78. The Morgan fingerprint density at radius 2 is 1.77 bits per heavy atom. The first-order valence-corrected chi connectivity index (χ1v) is 7.86. The highest BCUT2D eigenvalue weighted by molar-refractivity contribution is 5.93. The highest BCUT2D eigenvalue weighted by atomic mass is 15.0. The van der Waals surface area contributed by atoms with Crippen LogP contribution >= 0.6 is 0 Å². The largest absolute Gasteiger partial charge is 0.369 e. The molecule has 0 unspecified atom stereocenters. The average molecular weight is 291 g/mol. The lowest BCUT2D eigenvalue weighted by atomic mass is 10.1. The molecule has 1 N–H and O–H groups in total. The van der Waals surface area contributed by atoms with Gasteiger partial charge in [0.2, 0.25) is 0 Å². The van der Waals surface area contributed by atoms with Crippen LogP contribution in [0.2, 0.25) is 0 Å². The molecule has 0 radical (unpaired) electrons. The zero-order valence-corrected chi connectivity index (χ0v) is 13.1. The minimum absolute atomic E-state index is 0.776. The van der Waals surface area contributed by atoms with Gasteiger partial charge in [-0.3, -0.25) is 0 Å². The summed E-state index contributed by atoms with van der Waals surface area (Å²) < 4.78 is 0. The Morgan fingerprint density at radius 3 is 2.55 bits per heavy atom. The van der Waals surface area contributed by atoms with E-state index in [0.717, 1.165) is 41.1 Å². The predicted molar refractivity (Wildman–Crippen MR) is 93.1 cm³/mol. The van der Waals surface area contributed by atoms with Crippen molar-refractivity contribution in [1.29, 1.82) is 0 Å². The van der Waals surface area contributed by atoms with Crippen molar-refractivity contribution in [2.24, 2.45) is 0 Å². The molecule has 3 aromatic rings. The Labute approximate surface area is 131 Å². The Morgan fingerprint density at radius 1 is 0.955 bits per heavy atom. The number of benzene rings is 2. The van der Waals surface area contributed by atoms with Gasteiger partial charge in [-0.15, -0.1) is 0 Å². The SMILES string of the molecule is CCCCNc1nc(-c2ccccc2)nc2cccc(C)c12. The van der Waals surface area contributed by atoms with Crippen LogP contribution in [0.4, 0.5) is 5.82 Å². The van der Waals surface area contributed by atoms with E-state index < -0.39 is 0 Å². The van der Waals surface area contributed by atoms with Gasteiger partial charge in [-0.1, -0.05) is 55.8 Å². The van der Waals surface area contributed by atoms with Gasteiger partial charge in [0.1, 0.15) is 5.82 Å². The van der Waals surface area contributed by atoms with Gasteiger partial charge in [0.25, 0.3) is 0 Å². The third-order valence-electron chi connectivity index (χ3n) is 3.79. The third-order valence-corrected chi connectivity index (χ3v) is 3.79. The molecular formula is C19H21N3. The first-order valence-electron chi connectivity index (χ1n) is 7.86. The summed E-state index contributed by atoms with van der Waals surface area (Å²) in [6.07, 6.45) is 2.30. The van der Waals surface area contributed by atoms with Crippen LogP contribution in [-0.2, 0) is 0 Å². The fourth-order valence-electron chi connectivity index (χ4n) is 2.58. The molecule has 0 fully saturated rings. The van der Waals surface area contributed by atoms with E-state index in [1.54, 1.807) is 0 Å². The molecule has 0 atom stereocenters. The fraction of sp³-hybridized carbons (Fsp3) is 0.263. The third kappa shape index (κ3) is 2.93. The molecular weight excluding hydrogens is 270 g/mol. The zero-order chi connectivity index (χ0) is 15.4. The lowest BCUT2D eigenvalue weighted by Gasteiger charge is -2.12. The molecule has 3 nitrogen and oxygen atoms in total. The summed E-state index contributed by atoms with van der Waals surface area (Å²) in [4.78, 5) is 9.53. The number of hydrogen-bond acceptors (Lipinski definition) is 3. The Bertz CT molecular complexity index is 766. The van der Waals surface area contributed by atoms with Gasteiger partial charge in [-0.2, -0.15) is 0 Å². The number of anilines is 1. The lowest BCUT2D eigenvalue weighted by molar-refractivity contribution is 0.831. The molecule has 1 heterocycles. The van der Waals surface area contributed by atoms with Crippen molar-refractivity contribution in [2.75, 3.05) is 11.9 Å². The summed E-state index contributed by atoms with van der Waals surface area (Å²) in [5, 5.41) is 4.61. The molecule has 112 valence electrons. The zero-order valence-electron chi connectivity index (χ0n) is 13.1. The van der Waals surface area contributed by atoms with Gasteiger partial charge in [-0.05, 0) is 25.0 Å². The number of aryl methyl sites for hydroxylation is 1. The summed E-state index contributed by atoms with van der Waals surface area (Å²) in [7, 11) is 0. The van der Waals surface area contributed by atoms with Crippen LogP contribution in [0.5, 0.6) is 0 Å². The van der Waals surface area contributed by atoms with E-state index in [1.807, 2.05) is 30.3 Å². The van der Waals surface area contributed by atoms with Crippen LogP contribution in [0.25, 0.3) is 22.3 Å². The molecule has 0 aliphatic carbocycles. The molecule has 22 heavy (non-hydrogen) atoms. The predicted octanol–water partition coefficient (Wildman–Crippen LogP) is 4.82. The van der Waals surface area contributed by atoms with Crippen molar-refractivity contribution >= 4 is 16.7 Å². The lowest BCUT2D eigenvalue weighted by Crippen LogP contribution is -2.06. The summed E-state index contributed by atoms with van der Waals surface area (Å²) in [6, 6.07) is 16.4. The Balaban J connectivity index is 2.12. The molecule has 0 bridgehead atoms. The van der Waals surface area contributed by atoms with Gasteiger partial charge in [0.05, 0.1) is 5.52 Å². The molecule has 0 saturated carbocycles. The van der Waals surface area contributed by atoms with E-state index in [1.165, 1.54) is 12.0 Å². The summed E-state index contributed by atoms with van der Waals surface area (Å²) in [5.41, 5.74) is 3.24. The van der Waals surface area contributed by atoms with Crippen molar-refractivity contribution < 1.29 is 0 Å². The van der Waals surface area contributed by atoms with Crippen LogP contribution in [0.1, 0.15) is 25.3 Å². The van der Waals surface area contributed by atoms with E-state index in [4.69, 9.17) is 9.97 Å². The molecule has 0 aliphatic rings. The summed E-state index contributed by atoms with van der Waals surface area (Å²) >= 11 is 0. The normalized spacial score (nSPS) is 10.8. The van der Waals surface area contributed by atoms with Crippen LogP contribution in [0.3, 0.4) is 0 Å². The van der Waals surface area contributed by atoms with Crippen molar-refractivity contribution in [3.8, 4) is 11.4 Å². The highest BCUT2D eigenvalue weighted by Gasteiger charge is 2.10. The van der Waals surface area contributed by atoms with E-state index in [9.17, 15) is 0 Å². The van der Waals surface area contributed by atoms with Crippen molar-refractivity contribution in [2.45, 2.75) is 26.7 Å². The van der Waals surface area contributed by atoms with Gasteiger partial charge in [-0.25, -0.2) is 9.97 Å². The maximum absolute atomic E-state index is 4.78. The number of nitrogens with zero attached hydrogens (tertiary/aromatic N) is 2. The molecule has 0 amide bonds. The first-order chi connectivity index (χ1) is 10.8. The highest BCUT2D eigenvalue weighted by Crippen LogP contribution is 2.27. The van der Waals surface area contributed by atoms with Crippen LogP contribution in [0.15, 0.2) is 48.5 Å². The number of nitrogens with one attached hydrogen (secondary N) is 1. The second-order valence-electron chi connectivity index (χ2n) is 5.51. The fourth-order valence-corrected chi connectivity index (χ4v) is 2.58. The summed E-state index contributed by atoms with van der Waals surface area (Å²) in [6.45, 7) is 5.24. The molecule has 0 aliphatic heterocycles. The molecule has 0 spiro atoms. The van der Waals surface area contributed by atoms with Crippen molar-refractivity contribution in [1.82, 2.24) is 9.97 Å². The average Bonchev–Trinajstić information content (AvgIpc) is 2.55. The minimum Gasteiger partial charge on any atom is -0.369 e. The minimum atomic E-state index is 0.776. The number of fused-ring (bicyclic) bond motifs is 1. The maximum Gasteiger partial charge on any atom is 0.162 e. The van der Waals surface area contributed by atoms with Crippen LogP contribution in [-0.4, -0.2) is 16.5 Å². The van der Waals surface area contributed by atoms with Crippen LogP contribution in [0, 0.1) is 6.92 Å².